The highest BCUT2D eigenvalue weighted by molar-refractivity contribution is 8.05. The fourth-order valence-electron chi connectivity index (χ4n) is 3.99. The van der Waals surface area contributed by atoms with Gasteiger partial charge in [-0.3, -0.25) is 19.4 Å². The van der Waals surface area contributed by atoms with E-state index in [-0.39, 0.29) is 0 Å². The average molecular weight is 463 g/mol. The van der Waals surface area contributed by atoms with Gasteiger partial charge in [0.25, 0.3) is 0 Å². The summed E-state index contributed by atoms with van der Waals surface area (Å²) < 4.78 is 4.24. The van der Waals surface area contributed by atoms with Crippen LogP contribution in [0.2, 0.25) is 0 Å². The monoisotopic (exact) mass is 462 g/mol. The van der Waals surface area contributed by atoms with Gasteiger partial charge < -0.3 is 0 Å². The van der Waals surface area contributed by atoms with Crippen LogP contribution in [0.15, 0.2) is 80.5 Å². The largest absolute Gasteiger partial charge is 0.293 e. The Morgan fingerprint density at radius 2 is 1.16 bits per heavy atom. The van der Waals surface area contributed by atoms with Crippen molar-refractivity contribution in [2.24, 2.45) is 0 Å². The van der Waals surface area contributed by atoms with E-state index >= 15 is 0 Å². The van der Waals surface area contributed by atoms with Crippen LogP contribution in [-0.2, 0) is 22.9 Å². The van der Waals surface area contributed by atoms with Crippen molar-refractivity contribution in [3.8, 4) is 0 Å². The molecule has 6 nitrogen and oxygen atoms in total. The predicted octanol–water partition coefficient (Wildman–Crippen LogP) is 3.28. The molecule has 3 heterocycles. The lowest BCUT2D eigenvalue weighted by atomic mass is 10.2. The fraction of sp³-hybridized carbons (Fsp3) is 0.167. The number of benzene rings is 2. The second kappa shape index (κ2) is 8.44. The molecule has 4 aromatic rings. The molecule has 0 saturated heterocycles. The highest BCUT2D eigenvalue weighted by Crippen LogP contribution is 2.51. The number of nitrogens with zero attached hydrogens (tertiary/aromatic N) is 4. The van der Waals surface area contributed by atoms with Gasteiger partial charge >= 0.3 is 0 Å². The Hall–Kier alpha value is -3.10. The summed E-state index contributed by atoms with van der Waals surface area (Å²) in [7, 11) is 3.56. The summed E-state index contributed by atoms with van der Waals surface area (Å²) in [5, 5.41) is 2.35. The molecule has 0 N–H and O–H groups in total. The molecule has 0 aliphatic carbocycles. The van der Waals surface area contributed by atoms with Crippen LogP contribution in [0.25, 0.3) is 21.8 Å². The second-order valence-corrected chi connectivity index (χ2v) is 9.94. The van der Waals surface area contributed by atoms with E-state index < -0.39 is 0 Å². The van der Waals surface area contributed by atoms with E-state index in [1.807, 2.05) is 12.1 Å². The van der Waals surface area contributed by atoms with Crippen LogP contribution in [-0.4, -0.2) is 36.7 Å². The van der Waals surface area contributed by atoms with Crippen LogP contribution in [0, 0.1) is 0 Å². The SMILES string of the molecule is CN(C=O)C[n+]1cc2c(c3ccccc31)Sc1c(c[n+](CN(C)C=O)c3ccccc13)S2. The molecule has 8 heteroatoms. The van der Waals surface area contributed by atoms with E-state index in [1.54, 1.807) is 47.4 Å². The number of hydrogen-bond donors (Lipinski definition) is 0. The number of hydrogen-bond acceptors (Lipinski definition) is 4. The minimum Gasteiger partial charge on any atom is -0.293 e. The van der Waals surface area contributed by atoms with Gasteiger partial charge in [-0.2, -0.15) is 9.13 Å². The zero-order valence-corrected chi connectivity index (χ0v) is 19.4. The van der Waals surface area contributed by atoms with Crippen LogP contribution in [0.5, 0.6) is 0 Å². The van der Waals surface area contributed by atoms with Gasteiger partial charge in [-0.1, -0.05) is 47.8 Å². The number of carbonyl (C=O) groups excluding carboxylic acids is 2. The Morgan fingerprint density at radius 1 is 0.719 bits per heavy atom. The smallest absolute Gasteiger partial charge is 0.226 e. The topological polar surface area (TPSA) is 48.4 Å². The lowest BCUT2D eigenvalue weighted by Gasteiger charge is -2.20. The van der Waals surface area contributed by atoms with Gasteiger partial charge in [0.1, 0.15) is 0 Å². The number of pyridine rings is 2. The average Bonchev–Trinajstić information content (AvgIpc) is 2.83. The van der Waals surface area contributed by atoms with Crippen LogP contribution in [0.3, 0.4) is 0 Å². The molecule has 160 valence electrons. The van der Waals surface area contributed by atoms with Crippen molar-refractivity contribution < 1.29 is 18.7 Å². The van der Waals surface area contributed by atoms with Crippen LogP contribution >= 0.6 is 23.5 Å². The number of carbonyl (C=O) groups is 2. The van der Waals surface area contributed by atoms with Crippen molar-refractivity contribution in [1.29, 1.82) is 0 Å². The molecule has 5 rings (SSSR count). The minimum atomic E-state index is 0.483. The summed E-state index contributed by atoms with van der Waals surface area (Å²) in [6.07, 6.45) is 5.96. The molecule has 1 aliphatic rings. The Labute approximate surface area is 194 Å². The normalized spacial score (nSPS) is 12.3. The first-order chi connectivity index (χ1) is 15.6. The van der Waals surface area contributed by atoms with Gasteiger partial charge in [-0.15, -0.1) is 0 Å². The molecule has 2 amide bonds. The molecule has 0 bridgehead atoms. The molecule has 0 saturated carbocycles. The summed E-state index contributed by atoms with van der Waals surface area (Å²) >= 11 is 3.53. The van der Waals surface area contributed by atoms with Gasteiger partial charge in [0.05, 0.1) is 20.6 Å². The number of para-hydroxylation sites is 2. The summed E-state index contributed by atoms with van der Waals surface area (Å²) in [6, 6.07) is 16.7. The lowest BCUT2D eigenvalue weighted by Crippen LogP contribution is -2.43. The van der Waals surface area contributed by atoms with Gasteiger partial charge in [0.15, 0.2) is 12.4 Å². The summed E-state index contributed by atoms with van der Waals surface area (Å²) in [5.74, 6) is 0. The van der Waals surface area contributed by atoms with Crippen molar-refractivity contribution in [2.75, 3.05) is 14.1 Å². The van der Waals surface area contributed by atoms with Crippen molar-refractivity contribution in [3.63, 3.8) is 0 Å². The third-order valence-electron chi connectivity index (χ3n) is 5.44. The number of fused-ring (bicyclic) bond motifs is 6. The predicted molar refractivity (Wildman–Crippen MR) is 124 cm³/mol. The van der Waals surface area contributed by atoms with Gasteiger partial charge in [0, 0.05) is 36.0 Å². The van der Waals surface area contributed by atoms with E-state index in [0.29, 0.717) is 13.3 Å². The van der Waals surface area contributed by atoms with Crippen molar-refractivity contribution in [2.45, 2.75) is 32.9 Å². The molecule has 32 heavy (non-hydrogen) atoms. The Morgan fingerprint density at radius 3 is 1.59 bits per heavy atom. The quantitative estimate of drug-likeness (QED) is 0.287. The van der Waals surface area contributed by atoms with Gasteiger partial charge in [0.2, 0.25) is 37.2 Å². The highest BCUT2D eigenvalue weighted by atomic mass is 32.2. The molecule has 0 spiro atoms. The maximum absolute atomic E-state index is 11.2. The highest BCUT2D eigenvalue weighted by Gasteiger charge is 2.29. The molecular formula is C24H22N4O2S2+2. The van der Waals surface area contributed by atoms with Gasteiger partial charge in [-0.25, -0.2) is 0 Å². The van der Waals surface area contributed by atoms with Crippen molar-refractivity contribution >= 4 is 58.1 Å². The first-order valence-corrected chi connectivity index (χ1v) is 11.8. The Balaban J connectivity index is 1.69. The first kappa shape index (κ1) is 20.8. The summed E-state index contributed by atoms with van der Waals surface area (Å²) in [5.41, 5.74) is 2.19. The molecular weight excluding hydrogens is 440 g/mol. The maximum Gasteiger partial charge on any atom is 0.226 e. The second-order valence-electron chi connectivity index (χ2n) is 7.83. The van der Waals surface area contributed by atoms with Crippen LogP contribution in [0.1, 0.15) is 0 Å². The Bertz CT molecular complexity index is 1270. The van der Waals surface area contributed by atoms with E-state index in [9.17, 15) is 9.59 Å². The van der Waals surface area contributed by atoms with Crippen molar-refractivity contribution in [3.05, 3.63) is 60.9 Å². The van der Waals surface area contributed by atoms with E-state index in [0.717, 1.165) is 33.6 Å². The third-order valence-corrected chi connectivity index (χ3v) is 8.05. The molecule has 0 fully saturated rings. The van der Waals surface area contributed by atoms with E-state index in [4.69, 9.17) is 0 Å². The van der Waals surface area contributed by atoms with E-state index in [1.165, 1.54) is 20.6 Å². The number of rotatable bonds is 6. The third kappa shape index (κ3) is 3.59. The number of aromatic nitrogens is 2. The summed E-state index contributed by atoms with van der Waals surface area (Å²) in [6.45, 7) is 0.967. The zero-order valence-electron chi connectivity index (χ0n) is 17.8. The van der Waals surface area contributed by atoms with Gasteiger partial charge in [-0.05, 0) is 12.1 Å². The van der Waals surface area contributed by atoms with E-state index in [2.05, 4.69) is 57.9 Å². The Kier molecular flexibility index (Phi) is 5.48. The minimum absolute atomic E-state index is 0.483. The molecule has 0 radical (unpaired) electrons. The first-order valence-electron chi connectivity index (χ1n) is 10.2. The number of amides is 2. The standard InChI is InChI=1S/C24H22N4O2S2/c1-25(15-29)13-27-11-21-23(17-7-3-5-9-19(17)27)32-24-18-8-4-6-10-20(18)28(12-22(24)31-21)14-26(2)16-30/h3-12,15-16H,13-14H2,1-2H3/q+2. The fourth-order valence-corrected chi connectivity index (χ4v) is 6.57. The van der Waals surface area contributed by atoms with Crippen molar-refractivity contribution in [1.82, 2.24) is 9.80 Å². The van der Waals surface area contributed by atoms with Crippen LogP contribution in [0.4, 0.5) is 0 Å². The zero-order chi connectivity index (χ0) is 22.2. The molecule has 0 atom stereocenters. The molecule has 0 unspecified atom stereocenters. The van der Waals surface area contributed by atoms with Crippen LogP contribution < -0.4 is 9.13 Å². The summed E-state index contributed by atoms with van der Waals surface area (Å²) in [4.78, 5) is 30.5. The molecule has 2 aromatic carbocycles. The lowest BCUT2D eigenvalue weighted by molar-refractivity contribution is -0.689. The molecule has 1 aliphatic heterocycles. The maximum atomic E-state index is 11.2. The molecule has 2 aromatic heterocycles.